The van der Waals surface area contributed by atoms with E-state index in [9.17, 15) is 9.59 Å². The SMILES string of the molecule is CN=C(NCCc1csc(C)n1)NCCN1C(=O)C2C3C=CC(C3)C2C1=O.I. The summed E-state index contributed by atoms with van der Waals surface area (Å²) in [6.07, 6.45) is 6.03. The predicted molar refractivity (Wildman–Crippen MR) is 120 cm³/mol. The van der Waals surface area contributed by atoms with Crippen LogP contribution in [-0.4, -0.2) is 54.3 Å². The fourth-order valence-electron chi connectivity index (χ4n) is 4.52. The van der Waals surface area contributed by atoms with Crippen molar-refractivity contribution in [3.63, 3.8) is 0 Å². The molecule has 2 N–H and O–H groups in total. The van der Waals surface area contributed by atoms with Gasteiger partial charge in [0.05, 0.1) is 22.5 Å². The zero-order valence-corrected chi connectivity index (χ0v) is 19.2. The van der Waals surface area contributed by atoms with E-state index >= 15 is 0 Å². The van der Waals surface area contributed by atoms with E-state index in [1.54, 1.807) is 18.4 Å². The Hall–Kier alpha value is -1.49. The molecule has 152 valence electrons. The van der Waals surface area contributed by atoms with Gasteiger partial charge in [0, 0.05) is 38.5 Å². The van der Waals surface area contributed by atoms with Crippen LogP contribution in [0.2, 0.25) is 0 Å². The Bertz CT molecular complexity index is 778. The number of aryl methyl sites for hydroxylation is 1. The first-order valence-electron chi connectivity index (χ1n) is 9.47. The van der Waals surface area contributed by atoms with Gasteiger partial charge in [0.15, 0.2) is 5.96 Å². The molecule has 0 aromatic carbocycles. The summed E-state index contributed by atoms with van der Waals surface area (Å²) in [5, 5.41) is 9.57. The van der Waals surface area contributed by atoms with Gasteiger partial charge >= 0.3 is 0 Å². The minimum absolute atomic E-state index is 0. The van der Waals surface area contributed by atoms with Crippen LogP contribution in [0.25, 0.3) is 0 Å². The Morgan fingerprint density at radius 1 is 1.21 bits per heavy atom. The highest BCUT2D eigenvalue weighted by molar-refractivity contribution is 14.0. The van der Waals surface area contributed by atoms with E-state index in [0.29, 0.717) is 19.0 Å². The van der Waals surface area contributed by atoms with Crippen LogP contribution >= 0.6 is 35.3 Å². The summed E-state index contributed by atoms with van der Waals surface area (Å²) in [6, 6.07) is 0. The Morgan fingerprint density at radius 2 is 1.86 bits per heavy atom. The fraction of sp³-hybridized carbons (Fsp3) is 0.579. The fourth-order valence-corrected chi connectivity index (χ4v) is 5.17. The molecule has 28 heavy (non-hydrogen) atoms. The summed E-state index contributed by atoms with van der Waals surface area (Å²) >= 11 is 1.65. The first-order valence-corrected chi connectivity index (χ1v) is 10.4. The number of rotatable bonds is 6. The summed E-state index contributed by atoms with van der Waals surface area (Å²) in [5.41, 5.74) is 1.07. The van der Waals surface area contributed by atoms with Crippen molar-refractivity contribution in [2.75, 3.05) is 26.7 Å². The minimum atomic E-state index is -0.119. The highest BCUT2D eigenvalue weighted by atomic mass is 127. The van der Waals surface area contributed by atoms with Crippen LogP contribution < -0.4 is 10.6 Å². The second-order valence-electron chi connectivity index (χ2n) is 7.36. The van der Waals surface area contributed by atoms with Crippen LogP contribution in [0.1, 0.15) is 17.1 Å². The number of amides is 2. The Labute approximate surface area is 186 Å². The largest absolute Gasteiger partial charge is 0.356 e. The monoisotopic (exact) mass is 515 g/mol. The van der Waals surface area contributed by atoms with Crippen molar-refractivity contribution in [2.24, 2.45) is 28.7 Å². The molecule has 3 aliphatic rings. The van der Waals surface area contributed by atoms with Crippen molar-refractivity contribution in [1.82, 2.24) is 20.5 Å². The van der Waals surface area contributed by atoms with E-state index in [0.717, 1.165) is 30.1 Å². The molecule has 4 rings (SSSR count). The molecule has 4 unspecified atom stereocenters. The molecule has 0 radical (unpaired) electrons. The summed E-state index contributed by atoms with van der Waals surface area (Å²) in [6.45, 7) is 3.60. The van der Waals surface area contributed by atoms with Crippen molar-refractivity contribution in [2.45, 2.75) is 19.8 Å². The van der Waals surface area contributed by atoms with E-state index in [1.165, 1.54) is 4.90 Å². The predicted octanol–water partition coefficient (Wildman–Crippen LogP) is 1.58. The van der Waals surface area contributed by atoms with Crippen molar-refractivity contribution >= 4 is 53.1 Å². The number of nitrogens with one attached hydrogen (secondary N) is 2. The summed E-state index contributed by atoms with van der Waals surface area (Å²) in [7, 11) is 1.71. The molecular formula is C19H26IN5O2S. The van der Waals surface area contributed by atoms with Gasteiger partial charge in [-0.3, -0.25) is 19.5 Å². The molecule has 2 amide bonds. The molecule has 9 heteroatoms. The Morgan fingerprint density at radius 3 is 2.43 bits per heavy atom. The molecular weight excluding hydrogens is 489 g/mol. The lowest BCUT2D eigenvalue weighted by molar-refractivity contribution is -0.140. The van der Waals surface area contributed by atoms with Crippen LogP contribution in [0.15, 0.2) is 22.5 Å². The standard InChI is InChI=1S/C19H25N5O2S.HI/c1-11-23-14(10-27-11)5-6-21-19(20-2)22-7-8-24-17(25)15-12-3-4-13(9-12)16(15)18(24)26;/h3-4,10,12-13,15-16H,5-9H2,1-2H3,(H2,20,21,22);1H. The van der Waals surface area contributed by atoms with Gasteiger partial charge in [-0.05, 0) is 25.2 Å². The van der Waals surface area contributed by atoms with Gasteiger partial charge in [-0.1, -0.05) is 12.2 Å². The lowest BCUT2D eigenvalue weighted by atomic mass is 9.85. The number of nitrogens with zero attached hydrogens (tertiary/aromatic N) is 3. The van der Waals surface area contributed by atoms with Crippen molar-refractivity contribution in [3.8, 4) is 0 Å². The first-order chi connectivity index (χ1) is 13.1. The molecule has 2 bridgehead atoms. The van der Waals surface area contributed by atoms with E-state index in [2.05, 4.69) is 38.1 Å². The highest BCUT2D eigenvalue weighted by Crippen LogP contribution is 2.52. The summed E-state index contributed by atoms with van der Waals surface area (Å²) < 4.78 is 0. The number of halogens is 1. The zero-order valence-electron chi connectivity index (χ0n) is 16.1. The summed E-state index contributed by atoms with van der Waals surface area (Å²) in [5.74, 6) is 0.966. The van der Waals surface area contributed by atoms with Gasteiger partial charge in [-0.25, -0.2) is 4.98 Å². The Balaban J connectivity index is 0.00000225. The zero-order chi connectivity index (χ0) is 19.0. The van der Waals surface area contributed by atoms with Gasteiger partial charge in [0.2, 0.25) is 11.8 Å². The second kappa shape index (κ2) is 8.89. The summed E-state index contributed by atoms with van der Waals surface area (Å²) in [4.78, 5) is 35.4. The molecule has 1 aromatic rings. The number of carbonyl (C=O) groups is 2. The average molecular weight is 515 g/mol. The van der Waals surface area contributed by atoms with E-state index in [1.807, 2.05) is 6.92 Å². The van der Waals surface area contributed by atoms with Crippen LogP contribution in [0.3, 0.4) is 0 Å². The van der Waals surface area contributed by atoms with Gasteiger partial charge < -0.3 is 10.6 Å². The first kappa shape index (κ1) is 21.2. The number of imide groups is 1. The number of allylic oxidation sites excluding steroid dienone is 2. The average Bonchev–Trinajstić information content (AvgIpc) is 3.41. The molecule has 0 spiro atoms. The number of likely N-dealkylation sites (tertiary alicyclic amines) is 1. The molecule has 1 aliphatic heterocycles. The van der Waals surface area contributed by atoms with Crippen LogP contribution in [-0.2, 0) is 16.0 Å². The van der Waals surface area contributed by atoms with Gasteiger partial charge in [0.25, 0.3) is 0 Å². The smallest absolute Gasteiger partial charge is 0.233 e. The molecule has 7 nitrogen and oxygen atoms in total. The molecule has 1 saturated carbocycles. The normalized spacial score (nSPS) is 27.9. The van der Waals surface area contributed by atoms with Crippen LogP contribution in [0, 0.1) is 30.6 Å². The van der Waals surface area contributed by atoms with E-state index in [-0.39, 0.29) is 59.5 Å². The molecule has 2 aliphatic carbocycles. The lowest BCUT2D eigenvalue weighted by Gasteiger charge is -2.18. The third-order valence-electron chi connectivity index (χ3n) is 5.75. The number of aliphatic imine (C=N–C) groups is 1. The molecule has 1 aromatic heterocycles. The number of hydrogen-bond acceptors (Lipinski definition) is 5. The number of aromatic nitrogens is 1. The third-order valence-corrected chi connectivity index (χ3v) is 6.58. The maximum absolute atomic E-state index is 12.7. The number of thiazole rings is 1. The van der Waals surface area contributed by atoms with Gasteiger partial charge in [-0.15, -0.1) is 35.3 Å². The van der Waals surface area contributed by atoms with Crippen molar-refractivity contribution < 1.29 is 9.59 Å². The maximum Gasteiger partial charge on any atom is 0.233 e. The van der Waals surface area contributed by atoms with Crippen LogP contribution in [0.4, 0.5) is 0 Å². The number of fused-ring (bicyclic) bond motifs is 5. The number of carbonyl (C=O) groups excluding carboxylic acids is 2. The number of hydrogen-bond donors (Lipinski definition) is 2. The second-order valence-corrected chi connectivity index (χ2v) is 8.42. The molecule has 2 fully saturated rings. The van der Waals surface area contributed by atoms with E-state index in [4.69, 9.17) is 0 Å². The molecule has 1 saturated heterocycles. The van der Waals surface area contributed by atoms with Gasteiger partial charge in [0.1, 0.15) is 0 Å². The number of guanidine groups is 1. The van der Waals surface area contributed by atoms with E-state index < -0.39 is 0 Å². The minimum Gasteiger partial charge on any atom is -0.356 e. The topological polar surface area (TPSA) is 86.7 Å². The highest BCUT2D eigenvalue weighted by Gasteiger charge is 2.58. The van der Waals surface area contributed by atoms with Gasteiger partial charge in [-0.2, -0.15) is 0 Å². The molecule has 4 atom stereocenters. The molecule has 2 heterocycles. The van der Waals surface area contributed by atoms with Crippen molar-refractivity contribution in [3.05, 3.63) is 28.2 Å². The Kier molecular flexibility index (Phi) is 6.74. The quantitative estimate of drug-likeness (QED) is 0.198. The third kappa shape index (κ3) is 3.96. The van der Waals surface area contributed by atoms with Crippen LogP contribution in [0.5, 0.6) is 0 Å². The lowest BCUT2D eigenvalue weighted by Crippen LogP contribution is -2.44. The maximum atomic E-state index is 12.7. The van der Waals surface area contributed by atoms with Crippen molar-refractivity contribution in [1.29, 1.82) is 0 Å².